The predicted octanol–water partition coefficient (Wildman–Crippen LogP) is 12.9. The van der Waals surface area contributed by atoms with E-state index in [1.54, 1.807) is 0 Å². The topological polar surface area (TPSA) is 8.17 Å². The number of aromatic nitrogens is 1. The van der Waals surface area contributed by atoms with Gasteiger partial charge < -0.3 is 9.47 Å². The number of benzene rings is 8. The van der Waals surface area contributed by atoms with Crippen LogP contribution in [0.15, 0.2) is 170 Å². The zero-order chi connectivity index (χ0) is 32.7. The predicted molar refractivity (Wildman–Crippen MR) is 208 cm³/mol. The van der Waals surface area contributed by atoms with Crippen molar-refractivity contribution in [3.05, 3.63) is 181 Å². The molecule has 49 heavy (non-hydrogen) atoms. The lowest BCUT2D eigenvalue weighted by atomic mass is 9.68. The molecular formula is C47H34N2. The number of rotatable bonds is 4. The smallest absolute Gasteiger partial charge is 0.0626 e. The second kappa shape index (κ2) is 10.4. The summed E-state index contributed by atoms with van der Waals surface area (Å²) >= 11 is 0. The highest BCUT2D eigenvalue weighted by molar-refractivity contribution is 6.24. The van der Waals surface area contributed by atoms with E-state index in [2.05, 4.69) is 193 Å². The summed E-state index contributed by atoms with van der Waals surface area (Å²) in [6.07, 6.45) is 0. The van der Waals surface area contributed by atoms with Crippen LogP contribution >= 0.6 is 0 Å². The summed E-state index contributed by atoms with van der Waals surface area (Å²) < 4.78 is 2.52. The van der Waals surface area contributed by atoms with Gasteiger partial charge in [-0.15, -0.1) is 0 Å². The monoisotopic (exact) mass is 626 g/mol. The molecule has 9 aromatic rings. The van der Waals surface area contributed by atoms with E-state index < -0.39 is 0 Å². The first-order valence-electron chi connectivity index (χ1n) is 17.1. The largest absolute Gasteiger partial charge is 0.311 e. The third-order valence-corrected chi connectivity index (χ3v) is 10.7. The van der Waals surface area contributed by atoms with Crippen LogP contribution in [0.5, 0.6) is 0 Å². The summed E-state index contributed by atoms with van der Waals surface area (Å²) in [6, 6.07) is 62.3. The minimum Gasteiger partial charge on any atom is -0.311 e. The summed E-state index contributed by atoms with van der Waals surface area (Å²) in [4.78, 5) is 2.32. The Hall–Kier alpha value is -6.12. The first kappa shape index (κ1) is 27.9. The second-order valence-corrected chi connectivity index (χ2v) is 13.8. The fraction of sp³-hybridized carbons (Fsp3) is 0.0638. The Morgan fingerprint density at radius 3 is 1.73 bits per heavy atom. The first-order chi connectivity index (χ1) is 24.1. The summed E-state index contributed by atoms with van der Waals surface area (Å²) in [5, 5.41) is 7.73. The van der Waals surface area contributed by atoms with Gasteiger partial charge in [0.1, 0.15) is 0 Å². The molecule has 0 N–H and O–H groups in total. The van der Waals surface area contributed by atoms with E-state index in [9.17, 15) is 0 Å². The van der Waals surface area contributed by atoms with Gasteiger partial charge in [0.05, 0.1) is 11.0 Å². The van der Waals surface area contributed by atoms with Gasteiger partial charge in [0.25, 0.3) is 0 Å². The number of nitrogens with zero attached hydrogens (tertiary/aromatic N) is 2. The van der Waals surface area contributed by atoms with Crippen LogP contribution in [0.1, 0.15) is 25.0 Å². The number of fused-ring (bicyclic) bond motifs is 7. The third kappa shape index (κ3) is 4.07. The molecule has 0 saturated heterocycles. The standard InChI is InChI=1S/C47H34N2/c1-47(2)41-22-12-11-21-38(41)45-44-33(16-13-23-42(44)47)29-40-39-28-31-14-9-10-15-32(31)30-43(39)49(46(40)45)37-26-24-36(25-27-37)48(34-17-5-3-6-18-34)35-19-7-4-8-20-35/h3-30H,1-2H3. The first-order valence-corrected chi connectivity index (χ1v) is 17.1. The normalized spacial score (nSPS) is 13.3. The minimum absolute atomic E-state index is 0.109. The third-order valence-electron chi connectivity index (χ3n) is 10.7. The van der Waals surface area contributed by atoms with Crippen molar-refractivity contribution >= 4 is 60.4 Å². The molecule has 0 radical (unpaired) electrons. The van der Waals surface area contributed by atoms with Gasteiger partial charge in [-0.1, -0.05) is 117 Å². The van der Waals surface area contributed by atoms with E-state index in [4.69, 9.17) is 0 Å². The summed E-state index contributed by atoms with van der Waals surface area (Å²) in [6.45, 7) is 4.75. The van der Waals surface area contributed by atoms with Gasteiger partial charge in [0.15, 0.2) is 0 Å². The van der Waals surface area contributed by atoms with E-state index in [0.29, 0.717) is 0 Å². The molecule has 0 fully saturated rings. The van der Waals surface area contributed by atoms with Gasteiger partial charge in [-0.2, -0.15) is 0 Å². The molecule has 0 spiro atoms. The maximum absolute atomic E-state index is 2.52. The Bertz CT molecular complexity index is 2680. The number of hydrogen-bond acceptors (Lipinski definition) is 1. The van der Waals surface area contributed by atoms with Crippen molar-refractivity contribution in [1.82, 2.24) is 4.57 Å². The lowest BCUT2D eigenvalue weighted by Gasteiger charge is -2.35. The molecule has 0 amide bonds. The maximum atomic E-state index is 2.52. The molecule has 1 aliphatic carbocycles. The zero-order valence-electron chi connectivity index (χ0n) is 27.6. The second-order valence-electron chi connectivity index (χ2n) is 13.8. The summed E-state index contributed by atoms with van der Waals surface area (Å²) in [5.41, 5.74) is 12.3. The van der Waals surface area contributed by atoms with E-state index in [1.165, 1.54) is 65.6 Å². The molecule has 0 unspecified atom stereocenters. The van der Waals surface area contributed by atoms with Gasteiger partial charge in [-0.05, 0) is 105 Å². The molecular weight excluding hydrogens is 593 g/mol. The van der Waals surface area contributed by atoms with Crippen LogP contribution in [0.4, 0.5) is 17.1 Å². The highest BCUT2D eigenvalue weighted by Crippen LogP contribution is 2.53. The highest BCUT2D eigenvalue weighted by atomic mass is 15.1. The minimum atomic E-state index is -0.109. The number of para-hydroxylation sites is 2. The fourth-order valence-electron chi connectivity index (χ4n) is 8.43. The van der Waals surface area contributed by atoms with Gasteiger partial charge in [0, 0.05) is 44.5 Å². The average Bonchev–Trinajstić information content (AvgIpc) is 3.46. The van der Waals surface area contributed by atoms with Crippen LogP contribution in [0.2, 0.25) is 0 Å². The van der Waals surface area contributed by atoms with Gasteiger partial charge >= 0.3 is 0 Å². The quantitative estimate of drug-likeness (QED) is 0.189. The Morgan fingerprint density at radius 1 is 0.469 bits per heavy atom. The Morgan fingerprint density at radius 2 is 1.02 bits per heavy atom. The van der Waals surface area contributed by atoms with Gasteiger partial charge in [-0.25, -0.2) is 0 Å². The van der Waals surface area contributed by atoms with Crippen molar-refractivity contribution in [2.75, 3.05) is 4.90 Å². The molecule has 1 heterocycles. The summed E-state index contributed by atoms with van der Waals surface area (Å²) in [7, 11) is 0. The molecule has 1 aromatic heterocycles. The molecule has 0 saturated carbocycles. The van der Waals surface area contributed by atoms with Crippen LogP contribution in [0.3, 0.4) is 0 Å². The van der Waals surface area contributed by atoms with Crippen LogP contribution in [-0.2, 0) is 5.41 Å². The molecule has 1 aliphatic rings. The maximum Gasteiger partial charge on any atom is 0.0626 e. The molecule has 0 atom stereocenters. The van der Waals surface area contributed by atoms with Crippen molar-refractivity contribution in [3.8, 4) is 16.8 Å². The molecule has 0 aliphatic heterocycles. The number of hydrogen-bond donors (Lipinski definition) is 0. The van der Waals surface area contributed by atoms with Crippen LogP contribution in [-0.4, -0.2) is 4.57 Å². The molecule has 8 aromatic carbocycles. The molecule has 10 rings (SSSR count). The van der Waals surface area contributed by atoms with Crippen LogP contribution in [0.25, 0.3) is 60.2 Å². The van der Waals surface area contributed by atoms with Crippen molar-refractivity contribution in [2.24, 2.45) is 0 Å². The average molecular weight is 627 g/mol. The lowest BCUT2D eigenvalue weighted by Crippen LogP contribution is -2.23. The van der Waals surface area contributed by atoms with E-state index in [1.807, 2.05) is 0 Å². The van der Waals surface area contributed by atoms with E-state index in [0.717, 1.165) is 22.7 Å². The molecule has 0 bridgehead atoms. The number of anilines is 3. The highest BCUT2D eigenvalue weighted by Gasteiger charge is 2.35. The molecule has 2 nitrogen and oxygen atoms in total. The zero-order valence-corrected chi connectivity index (χ0v) is 27.6. The Balaban J connectivity index is 1.30. The van der Waals surface area contributed by atoms with Gasteiger partial charge in [0.2, 0.25) is 0 Å². The van der Waals surface area contributed by atoms with E-state index >= 15 is 0 Å². The van der Waals surface area contributed by atoms with Crippen molar-refractivity contribution in [2.45, 2.75) is 19.3 Å². The van der Waals surface area contributed by atoms with Crippen LogP contribution in [0, 0.1) is 0 Å². The molecule has 232 valence electrons. The lowest BCUT2D eigenvalue weighted by molar-refractivity contribution is 0.645. The molecule has 2 heteroatoms. The SMILES string of the molecule is CC1(C)c2ccccc2-c2c3c1cccc3cc1c3cc4ccccc4cc3n(-c3ccc(N(c4ccccc4)c4ccccc4)cc3)c21. The van der Waals surface area contributed by atoms with Crippen molar-refractivity contribution < 1.29 is 0 Å². The summed E-state index contributed by atoms with van der Waals surface area (Å²) in [5.74, 6) is 0. The fourth-order valence-corrected chi connectivity index (χ4v) is 8.43. The Kier molecular flexibility index (Phi) is 5.95. The van der Waals surface area contributed by atoms with Gasteiger partial charge in [-0.3, -0.25) is 0 Å². The van der Waals surface area contributed by atoms with E-state index in [-0.39, 0.29) is 5.41 Å². The van der Waals surface area contributed by atoms with Crippen molar-refractivity contribution in [1.29, 1.82) is 0 Å². The Labute approximate surface area is 286 Å². The van der Waals surface area contributed by atoms with Crippen LogP contribution < -0.4 is 4.90 Å². The van der Waals surface area contributed by atoms with Crippen molar-refractivity contribution in [3.63, 3.8) is 0 Å².